The zero-order valence-corrected chi connectivity index (χ0v) is 17.7. The molecule has 6 nitrogen and oxygen atoms in total. The summed E-state index contributed by atoms with van der Waals surface area (Å²) in [5.74, 6) is -0.301. The van der Waals surface area contributed by atoms with Crippen LogP contribution in [-0.2, 0) is 0 Å². The number of aromatic hydroxyl groups is 1. The van der Waals surface area contributed by atoms with Crippen molar-refractivity contribution < 1.29 is 14.3 Å². The summed E-state index contributed by atoms with van der Waals surface area (Å²) in [6, 6.07) is 19.2. The van der Waals surface area contributed by atoms with E-state index in [4.69, 9.17) is 16.0 Å². The molecule has 4 aromatic rings. The number of aryl methyl sites for hydroxylation is 2. The number of carbonyl (C=O) groups excluding carboxylic acids is 1. The first-order valence-electron chi connectivity index (χ1n) is 9.60. The van der Waals surface area contributed by atoms with E-state index in [0.717, 1.165) is 11.1 Å². The van der Waals surface area contributed by atoms with Crippen LogP contribution in [0, 0.1) is 13.8 Å². The van der Waals surface area contributed by atoms with Gasteiger partial charge in [0.1, 0.15) is 16.9 Å². The number of halogens is 1. The molecule has 0 saturated carbocycles. The van der Waals surface area contributed by atoms with Crippen molar-refractivity contribution in [2.24, 2.45) is 5.10 Å². The first-order valence-corrected chi connectivity index (χ1v) is 9.97. The van der Waals surface area contributed by atoms with Crippen molar-refractivity contribution in [3.05, 3.63) is 94.0 Å². The average molecular weight is 434 g/mol. The van der Waals surface area contributed by atoms with Crippen LogP contribution in [0.5, 0.6) is 5.75 Å². The third-order valence-corrected chi connectivity index (χ3v) is 5.00. The maximum absolute atomic E-state index is 13.1. The molecule has 0 saturated heterocycles. The highest BCUT2D eigenvalue weighted by Crippen LogP contribution is 2.21. The Balaban J connectivity index is 1.78. The summed E-state index contributed by atoms with van der Waals surface area (Å²) in [5.41, 5.74) is 6.98. The second kappa shape index (κ2) is 8.53. The van der Waals surface area contributed by atoms with Crippen LogP contribution in [0.2, 0.25) is 5.02 Å². The highest BCUT2D eigenvalue weighted by atomic mass is 35.5. The van der Waals surface area contributed by atoms with Crippen LogP contribution in [0.4, 0.5) is 11.4 Å². The van der Waals surface area contributed by atoms with Crippen LogP contribution >= 0.6 is 11.6 Å². The molecular formula is C24H20ClN3O3. The number of phenols is 1. The Morgan fingerprint density at radius 2 is 1.77 bits per heavy atom. The predicted molar refractivity (Wildman–Crippen MR) is 122 cm³/mol. The highest BCUT2D eigenvalue weighted by Gasteiger charge is 2.14. The van der Waals surface area contributed by atoms with E-state index in [2.05, 4.69) is 15.8 Å². The summed E-state index contributed by atoms with van der Waals surface area (Å²) < 4.78 is 5.86. The van der Waals surface area contributed by atoms with E-state index in [0.29, 0.717) is 27.4 Å². The quantitative estimate of drug-likeness (QED) is 0.366. The molecule has 1 heterocycles. The molecule has 0 fully saturated rings. The van der Waals surface area contributed by atoms with Gasteiger partial charge in [0.25, 0.3) is 5.91 Å². The van der Waals surface area contributed by atoms with Crippen LogP contribution in [0.1, 0.15) is 21.5 Å². The zero-order chi connectivity index (χ0) is 22.0. The minimum Gasteiger partial charge on any atom is -0.508 e. The Labute approximate surface area is 183 Å². The number of nitrogens with zero attached hydrogens (tertiary/aromatic N) is 1. The second-order valence-electron chi connectivity index (χ2n) is 7.19. The molecular weight excluding hydrogens is 414 g/mol. The lowest BCUT2D eigenvalue weighted by Crippen LogP contribution is -2.23. The Bertz CT molecular complexity index is 1340. The van der Waals surface area contributed by atoms with Gasteiger partial charge in [0.15, 0.2) is 0 Å². The molecule has 0 radical (unpaired) electrons. The Morgan fingerprint density at radius 3 is 2.55 bits per heavy atom. The summed E-state index contributed by atoms with van der Waals surface area (Å²) in [6.45, 7) is 3.89. The van der Waals surface area contributed by atoms with Gasteiger partial charge in [0.05, 0.1) is 5.69 Å². The van der Waals surface area contributed by atoms with Crippen molar-refractivity contribution in [3.8, 4) is 5.75 Å². The normalized spacial score (nSPS) is 11.5. The van der Waals surface area contributed by atoms with Gasteiger partial charge in [-0.1, -0.05) is 23.7 Å². The van der Waals surface area contributed by atoms with E-state index in [-0.39, 0.29) is 22.8 Å². The molecule has 1 aromatic heterocycles. The average Bonchev–Trinajstić information content (AvgIpc) is 2.75. The lowest BCUT2D eigenvalue weighted by atomic mass is 10.1. The van der Waals surface area contributed by atoms with E-state index < -0.39 is 0 Å². The summed E-state index contributed by atoms with van der Waals surface area (Å²) in [6.07, 6.45) is 0. The van der Waals surface area contributed by atoms with Gasteiger partial charge in [0.2, 0.25) is 5.55 Å². The fourth-order valence-corrected chi connectivity index (χ4v) is 3.18. The topological polar surface area (TPSA) is 86.9 Å². The first-order chi connectivity index (χ1) is 14.9. The van der Waals surface area contributed by atoms with Gasteiger partial charge >= 0.3 is 0 Å². The molecule has 0 atom stereocenters. The zero-order valence-electron chi connectivity index (χ0n) is 16.9. The van der Waals surface area contributed by atoms with Gasteiger partial charge in [0, 0.05) is 22.2 Å². The van der Waals surface area contributed by atoms with Gasteiger partial charge in [-0.2, -0.15) is 0 Å². The molecule has 0 bridgehead atoms. The second-order valence-corrected chi connectivity index (χ2v) is 7.63. The molecule has 3 aromatic carbocycles. The molecule has 0 aliphatic rings. The molecule has 0 spiro atoms. The fourth-order valence-electron chi connectivity index (χ4n) is 3.05. The van der Waals surface area contributed by atoms with E-state index in [1.807, 2.05) is 32.0 Å². The first kappa shape index (κ1) is 20.5. The summed E-state index contributed by atoms with van der Waals surface area (Å²) in [7, 11) is 0. The van der Waals surface area contributed by atoms with Gasteiger partial charge in [-0.3, -0.25) is 10.2 Å². The van der Waals surface area contributed by atoms with E-state index in [9.17, 15) is 9.90 Å². The van der Waals surface area contributed by atoms with Gasteiger partial charge in [-0.25, -0.2) is 0 Å². The minimum absolute atomic E-state index is 0.0560. The van der Waals surface area contributed by atoms with Crippen LogP contribution in [0.3, 0.4) is 0 Å². The molecule has 156 valence electrons. The van der Waals surface area contributed by atoms with Crippen LogP contribution in [-0.4, -0.2) is 11.0 Å². The lowest BCUT2D eigenvalue weighted by Gasteiger charge is -2.10. The third kappa shape index (κ3) is 4.70. The molecule has 31 heavy (non-hydrogen) atoms. The summed E-state index contributed by atoms with van der Waals surface area (Å²) in [4.78, 5) is 13.1. The Morgan fingerprint density at radius 1 is 1.00 bits per heavy atom. The standard InChI is InChI=1S/C24H20ClN3O3/c1-14-3-4-15(2)21(11-14)26-23(30)20-12-16-5-10-19(29)13-22(16)31-24(20)28-27-18-8-6-17(25)7-9-18/h3-13,27,29H,1-2H3,(H,26,30)/b28-24+. The van der Waals surface area contributed by atoms with Crippen molar-refractivity contribution in [2.45, 2.75) is 13.8 Å². The maximum Gasteiger partial charge on any atom is 0.261 e. The van der Waals surface area contributed by atoms with E-state index in [1.54, 1.807) is 36.4 Å². The van der Waals surface area contributed by atoms with Gasteiger partial charge in [-0.05, 0) is 73.5 Å². The Hall–Kier alpha value is -3.77. The molecule has 0 aliphatic carbocycles. The van der Waals surface area contributed by atoms with Crippen molar-refractivity contribution in [2.75, 3.05) is 10.7 Å². The maximum atomic E-state index is 13.1. The SMILES string of the molecule is Cc1ccc(C)c(NC(=O)c2cc3ccc(O)cc3o/c2=N/Nc2ccc(Cl)cc2)c1. The largest absolute Gasteiger partial charge is 0.508 e. The number of hydrogen-bond acceptors (Lipinski definition) is 5. The van der Waals surface area contributed by atoms with E-state index >= 15 is 0 Å². The number of fused-ring (bicyclic) bond motifs is 1. The number of anilines is 2. The molecule has 4 rings (SSSR count). The lowest BCUT2D eigenvalue weighted by molar-refractivity contribution is 0.102. The fraction of sp³-hybridized carbons (Fsp3) is 0.0833. The van der Waals surface area contributed by atoms with Crippen molar-refractivity contribution >= 4 is 39.9 Å². The number of nitrogens with one attached hydrogen (secondary N) is 2. The molecule has 1 amide bonds. The molecule has 7 heteroatoms. The molecule has 0 unspecified atom stereocenters. The number of phenolic OH excluding ortho intramolecular Hbond substituents is 1. The smallest absolute Gasteiger partial charge is 0.261 e. The van der Waals surface area contributed by atoms with Gasteiger partial charge < -0.3 is 14.8 Å². The van der Waals surface area contributed by atoms with Crippen molar-refractivity contribution in [3.63, 3.8) is 0 Å². The van der Waals surface area contributed by atoms with Crippen molar-refractivity contribution in [1.29, 1.82) is 0 Å². The third-order valence-electron chi connectivity index (χ3n) is 4.75. The summed E-state index contributed by atoms with van der Waals surface area (Å²) >= 11 is 5.92. The van der Waals surface area contributed by atoms with Crippen molar-refractivity contribution in [1.82, 2.24) is 0 Å². The number of carbonyl (C=O) groups is 1. The highest BCUT2D eigenvalue weighted by molar-refractivity contribution is 6.30. The van der Waals surface area contributed by atoms with E-state index in [1.165, 1.54) is 12.1 Å². The monoisotopic (exact) mass is 433 g/mol. The minimum atomic E-state index is -0.357. The van der Waals surface area contributed by atoms with Gasteiger partial charge in [-0.15, -0.1) is 5.10 Å². The number of benzene rings is 3. The van der Waals surface area contributed by atoms with Crippen LogP contribution in [0.15, 0.2) is 76.2 Å². The van der Waals surface area contributed by atoms with Crippen LogP contribution in [0.25, 0.3) is 11.0 Å². The predicted octanol–water partition coefficient (Wildman–Crippen LogP) is 5.59. The molecule has 0 aliphatic heterocycles. The Kier molecular flexibility index (Phi) is 5.64. The van der Waals surface area contributed by atoms with Crippen LogP contribution < -0.4 is 16.3 Å². The number of amides is 1. The molecule has 3 N–H and O–H groups in total. The summed E-state index contributed by atoms with van der Waals surface area (Å²) in [5, 5.41) is 18.3. The number of rotatable bonds is 4. The number of hydrogen-bond donors (Lipinski definition) is 3.